The van der Waals surface area contributed by atoms with E-state index in [2.05, 4.69) is 0 Å². The summed E-state index contributed by atoms with van der Waals surface area (Å²) in [4.78, 5) is 14.4. The van der Waals surface area contributed by atoms with Gasteiger partial charge in [-0.05, 0) is 54.7 Å². The van der Waals surface area contributed by atoms with Gasteiger partial charge in [0.25, 0.3) is 0 Å². The summed E-state index contributed by atoms with van der Waals surface area (Å²) in [5, 5.41) is 0.953. The van der Waals surface area contributed by atoms with Gasteiger partial charge in [0, 0.05) is 33.1 Å². The van der Waals surface area contributed by atoms with E-state index in [1.54, 1.807) is 52.7 Å². The van der Waals surface area contributed by atoms with Crippen LogP contribution in [0.2, 0.25) is 10.0 Å². The number of benzene rings is 2. The van der Waals surface area contributed by atoms with Gasteiger partial charge in [-0.1, -0.05) is 47.8 Å². The Bertz CT molecular complexity index is 988. The van der Waals surface area contributed by atoms with E-state index in [-0.39, 0.29) is 5.91 Å². The molecule has 5 nitrogen and oxygen atoms in total. The summed E-state index contributed by atoms with van der Waals surface area (Å²) in [6.45, 7) is 1.62. The fourth-order valence-electron chi connectivity index (χ4n) is 3.52. The number of nitrogens with zero attached hydrogens (tertiary/aromatic N) is 2. The molecule has 0 atom stereocenters. The van der Waals surface area contributed by atoms with Crippen molar-refractivity contribution < 1.29 is 13.2 Å². The Morgan fingerprint density at radius 2 is 1.60 bits per heavy atom. The molecule has 8 heteroatoms. The molecule has 0 radical (unpaired) electrons. The molecule has 3 rings (SSSR count). The minimum Gasteiger partial charge on any atom is -0.341 e. The maximum Gasteiger partial charge on any atom is 0.243 e. The number of carbonyl (C=O) groups excluding carboxylic acids is 1. The Balaban J connectivity index is 1.55. The Morgan fingerprint density at radius 1 is 0.967 bits per heavy atom. The van der Waals surface area contributed by atoms with Crippen molar-refractivity contribution in [3.8, 4) is 0 Å². The first-order valence-corrected chi connectivity index (χ1v) is 12.2. The summed E-state index contributed by atoms with van der Waals surface area (Å²) in [6, 6.07) is 12.2. The molecule has 0 spiro atoms. The largest absolute Gasteiger partial charge is 0.341 e. The molecule has 0 N–H and O–H groups in total. The van der Waals surface area contributed by atoms with Crippen molar-refractivity contribution in [3.63, 3.8) is 0 Å². The van der Waals surface area contributed by atoms with Crippen LogP contribution in [0.25, 0.3) is 0 Å². The van der Waals surface area contributed by atoms with Gasteiger partial charge in [-0.15, -0.1) is 0 Å². The highest BCUT2D eigenvalue weighted by molar-refractivity contribution is 7.89. The summed E-state index contributed by atoms with van der Waals surface area (Å²) in [5.41, 5.74) is 1.84. The molecule has 0 unspecified atom stereocenters. The van der Waals surface area contributed by atoms with E-state index in [9.17, 15) is 13.2 Å². The minimum atomic E-state index is -3.43. The summed E-state index contributed by atoms with van der Waals surface area (Å²) in [7, 11) is -1.68. The van der Waals surface area contributed by atoms with Crippen LogP contribution in [0, 0.1) is 0 Å². The van der Waals surface area contributed by atoms with Gasteiger partial charge < -0.3 is 4.90 Å². The van der Waals surface area contributed by atoms with Crippen molar-refractivity contribution in [1.29, 1.82) is 0 Å². The molecule has 0 aromatic heterocycles. The SMILES string of the molecule is CN(Cc1ccc(Cl)c(Cl)c1)C(=O)CCc1ccc(S(=O)(=O)N2CCCCC2)cc1. The standard InChI is InChI=1S/C22H26Cl2N2O3S/c1-25(16-18-7-11-20(23)21(24)15-18)22(27)12-8-17-5-9-19(10-6-17)30(28,29)26-13-3-2-4-14-26/h5-7,9-11,15H,2-4,8,12-14,16H2,1H3. The third kappa shape index (κ3) is 5.76. The van der Waals surface area contributed by atoms with Gasteiger partial charge in [0.05, 0.1) is 14.9 Å². The van der Waals surface area contributed by atoms with Crippen molar-refractivity contribution >= 4 is 39.1 Å². The predicted octanol–water partition coefficient (Wildman–Crippen LogP) is 4.76. The fraction of sp³-hybridized carbons (Fsp3) is 0.409. The lowest BCUT2D eigenvalue weighted by atomic mass is 10.1. The second-order valence-electron chi connectivity index (χ2n) is 7.61. The molecule has 1 fully saturated rings. The predicted molar refractivity (Wildman–Crippen MR) is 120 cm³/mol. The molecule has 162 valence electrons. The van der Waals surface area contributed by atoms with Gasteiger partial charge in [-0.3, -0.25) is 4.79 Å². The molecular formula is C22H26Cl2N2O3S. The molecule has 30 heavy (non-hydrogen) atoms. The van der Waals surface area contributed by atoms with Crippen molar-refractivity contribution in [2.75, 3.05) is 20.1 Å². The molecule has 0 saturated carbocycles. The maximum absolute atomic E-state index is 12.7. The van der Waals surface area contributed by atoms with E-state index in [0.29, 0.717) is 47.4 Å². The van der Waals surface area contributed by atoms with Gasteiger partial charge in [0.1, 0.15) is 0 Å². The van der Waals surface area contributed by atoms with Crippen LogP contribution in [0.5, 0.6) is 0 Å². The number of carbonyl (C=O) groups is 1. The van der Waals surface area contributed by atoms with Crippen LogP contribution < -0.4 is 0 Å². The van der Waals surface area contributed by atoms with Crippen molar-refractivity contribution in [2.24, 2.45) is 0 Å². The summed E-state index contributed by atoms with van der Waals surface area (Å²) >= 11 is 12.0. The Hall–Kier alpha value is -1.60. The van der Waals surface area contributed by atoms with Crippen molar-refractivity contribution in [3.05, 3.63) is 63.6 Å². The van der Waals surface area contributed by atoms with E-state index in [0.717, 1.165) is 30.4 Å². The number of hydrogen-bond donors (Lipinski definition) is 0. The maximum atomic E-state index is 12.7. The molecular weight excluding hydrogens is 443 g/mol. The van der Waals surface area contributed by atoms with Crippen LogP contribution in [0.4, 0.5) is 0 Å². The lowest BCUT2D eigenvalue weighted by Gasteiger charge is -2.25. The van der Waals surface area contributed by atoms with Crippen LogP contribution in [0.1, 0.15) is 36.8 Å². The monoisotopic (exact) mass is 468 g/mol. The molecule has 1 aliphatic heterocycles. The van der Waals surface area contributed by atoms with Gasteiger partial charge in [-0.2, -0.15) is 4.31 Å². The van der Waals surface area contributed by atoms with E-state index < -0.39 is 10.0 Å². The number of amides is 1. The topological polar surface area (TPSA) is 57.7 Å². The zero-order valence-electron chi connectivity index (χ0n) is 17.0. The highest BCUT2D eigenvalue weighted by atomic mass is 35.5. The lowest BCUT2D eigenvalue weighted by molar-refractivity contribution is -0.130. The first kappa shape index (κ1) is 23.1. The molecule has 0 bridgehead atoms. The number of halogens is 2. The number of rotatable bonds is 7. The van der Waals surface area contributed by atoms with Gasteiger partial charge in [-0.25, -0.2) is 8.42 Å². The third-order valence-electron chi connectivity index (χ3n) is 5.33. The summed E-state index contributed by atoms with van der Waals surface area (Å²) in [5.74, 6) is 0.00564. The fourth-order valence-corrected chi connectivity index (χ4v) is 5.36. The highest BCUT2D eigenvalue weighted by Gasteiger charge is 2.25. The second-order valence-corrected chi connectivity index (χ2v) is 10.4. The Morgan fingerprint density at radius 3 is 2.23 bits per heavy atom. The molecule has 0 aliphatic carbocycles. The van der Waals surface area contributed by atoms with Crippen molar-refractivity contribution in [1.82, 2.24) is 9.21 Å². The zero-order chi connectivity index (χ0) is 21.7. The van der Waals surface area contributed by atoms with E-state index in [1.165, 1.54) is 0 Å². The molecule has 1 amide bonds. The van der Waals surface area contributed by atoms with Crippen LogP contribution in [-0.2, 0) is 27.8 Å². The number of piperidine rings is 1. The minimum absolute atomic E-state index is 0.00564. The van der Waals surface area contributed by atoms with Crippen LogP contribution in [0.15, 0.2) is 47.4 Å². The smallest absolute Gasteiger partial charge is 0.243 e. The molecule has 2 aromatic carbocycles. The molecule has 2 aromatic rings. The first-order chi connectivity index (χ1) is 14.3. The van der Waals surface area contributed by atoms with Crippen LogP contribution in [-0.4, -0.2) is 43.7 Å². The first-order valence-electron chi connectivity index (χ1n) is 10.0. The zero-order valence-corrected chi connectivity index (χ0v) is 19.3. The molecule has 1 aliphatic rings. The number of aryl methyl sites for hydroxylation is 1. The van der Waals surface area contributed by atoms with E-state index in [1.807, 2.05) is 6.07 Å². The van der Waals surface area contributed by atoms with Gasteiger partial charge in [0.2, 0.25) is 15.9 Å². The lowest BCUT2D eigenvalue weighted by Crippen LogP contribution is -2.35. The Kier molecular flexibility index (Phi) is 7.80. The van der Waals surface area contributed by atoms with Crippen LogP contribution >= 0.6 is 23.2 Å². The highest BCUT2D eigenvalue weighted by Crippen LogP contribution is 2.24. The average molecular weight is 469 g/mol. The van der Waals surface area contributed by atoms with Crippen molar-refractivity contribution in [2.45, 2.75) is 43.5 Å². The normalized spacial score (nSPS) is 15.2. The number of sulfonamides is 1. The summed E-state index contributed by atoms with van der Waals surface area (Å²) < 4.78 is 27.0. The molecule has 1 heterocycles. The Labute approximate surface area is 188 Å². The second kappa shape index (κ2) is 10.1. The quantitative estimate of drug-likeness (QED) is 0.588. The van der Waals surface area contributed by atoms with Gasteiger partial charge >= 0.3 is 0 Å². The van der Waals surface area contributed by atoms with Crippen LogP contribution in [0.3, 0.4) is 0 Å². The average Bonchev–Trinajstić information content (AvgIpc) is 2.75. The van der Waals surface area contributed by atoms with E-state index in [4.69, 9.17) is 23.2 Å². The molecule has 1 saturated heterocycles. The van der Waals surface area contributed by atoms with Gasteiger partial charge in [0.15, 0.2) is 0 Å². The third-order valence-corrected chi connectivity index (χ3v) is 7.99. The summed E-state index contributed by atoms with van der Waals surface area (Å²) in [6.07, 6.45) is 3.80. The van der Waals surface area contributed by atoms with E-state index >= 15 is 0 Å². The number of hydrogen-bond acceptors (Lipinski definition) is 3.